The van der Waals surface area contributed by atoms with Gasteiger partial charge >= 0.3 is 5.97 Å². The van der Waals surface area contributed by atoms with E-state index in [1.165, 1.54) is 0 Å². The van der Waals surface area contributed by atoms with Crippen molar-refractivity contribution in [1.29, 1.82) is 0 Å². The molecule has 1 N–H and O–H groups in total. The van der Waals surface area contributed by atoms with Crippen LogP contribution in [0.5, 0.6) is 0 Å². The summed E-state index contributed by atoms with van der Waals surface area (Å²) in [5.41, 5.74) is 0.483. The van der Waals surface area contributed by atoms with Gasteiger partial charge in [0.05, 0.1) is 6.42 Å². The van der Waals surface area contributed by atoms with Crippen molar-refractivity contribution in [2.45, 2.75) is 24.7 Å². The molecular weight excluding hydrogens is 235 g/mol. The quantitative estimate of drug-likeness (QED) is 0.884. The van der Waals surface area contributed by atoms with E-state index in [-0.39, 0.29) is 11.8 Å². The third kappa shape index (κ3) is 1.97. The zero-order valence-corrected chi connectivity index (χ0v) is 9.48. The van der Waals surface area contributed by atoms with Crippen LogP contribution < -0.4 is 0 Å². The fourth-order valence-corrected chi connectivity index (χ4v) is 2.76. The van der Waals surface area contributed by atoms with Crippen molar-refractivity contribution in [2.24, 2.45) is 0 Å². The topological polar surface area (TPSA) is 37.3 Å². The fourth-order valence-electron chi connectivity index (χ4n) is 1.96. The number of carboxylic acids is 1. The summed E-state index contributed by atoms with van der Waals surface area (Å²) in [4.78, 5) is 10.8. The summed E-state index contributed by atoms with van der Waals surface area (Å²) in [5, 5.41) is 9.99. The third-order valence-corrected chi connectivity index (χ3v) is 3.47. The highest BCUT2D eigenvalue weighted by molar-refractivity contribution is 6.36. The molecule has 1 saturated carbocycles. The molecule has 0 aromatic heterocycles. The minimum atomic E-state index is -0.802. The number of carbonyl (C=O) groups is 1. The molecule has 4 heteroatoms. The molecule has 0 radical (unpaired) electrons. The minimum Gasteiger partial charge on any atom is -0.481 e. The molecule has 80 valence electrons. The molecule has 1 aromatic carbocycles. The predicted octanol–water partition coefficient (Wildman–Crippen LogP) is 3.50. The van der Waals surface area contributed by atoms with E-state index < -0.39 is 5.97 Å². The Balaban J connectivity index is 2.41. The van der Waals surface area contributed by atoms with Gasteiger partial charge in [0.25, 0.3) is 0 Å². The van der Waals surface area contributed by atoms with Crippen LogP contribution in [0.2, 0.25) is 10.0 Å². The number of benzene rings is 1. The zero-order valence-electron chi connectivity index (χ0n) is 7.96. The van der Waals surface area contributed by atoms with E-state index in [1.807, 2.05) is 0 Å². The first-order valence-electron chi connectivity index (χ1n) is 4.71. The molecule has 0 saturated heterocycles. The van der Waals surface area contributed by atoms with Crippen LogP contribution in [-0.2, 0) is 10.2 Å². The van der Waals surface area contributed by atoms with Gasteiger partial charge in [-0.2, -0.15) is 0 Å². The van der Waals surface area contributed by atoms with Crippen LogP contribution in [-0.4, -0.2) is 11.1 Å². The lowest BCUT2D eigenvalue weighted by molar-refractivity contribution is -0.137. The van der Waals surface area contributed by atoms with Crippen molar-refractivity contribution in [1.82, 2.24) is 0 Å². The van der Waals surface area contributed by atoms with E-state index in [0.29, 0.717) is 10.0 Å². The lowest BCUT2D eigenvalue weighted by Gasteiger charge is -2.16. The lowest BCUT2D eigenvalue weighted by atomic mass is 9.92. The standard InChI is InChI=1S/C11H10Cl2O2/c12-7-2-1-3-8(13)10(7)11(4-5-11)6-9(14)15/h1-3H,4-6H2,(H,14,15). The SMILES string of the molecule is O=C(O)CC1(c2c(Cl)cccc2Cl)CC1. The molecule has 2 nitrogen and oxygen atoms in total. The maximum Gasteiger partial charge on any atom is 0.304 e. The van der Waals surface area contributed by atoms with Crippen LogP contribution in [0.4, 0.5) is 0 Å². The first kappa shape index (κ1) is 10.8. The largest absolute Gasteiger partial charge is 0.481 e. The van der Waals surface area contributed by atoms with Crippen LogP contribution in [0, 0.1) is 0 Å². The number of hydrogen-bond donors (Lipinski definition) is 1. The Bertz CT molecular complexity index is 391. The number of hydrogen-bond acceptors (Lipinski definition) is 1. The number of carboxylic acid groups (broad SMARTS) is 1. The second kappa shape index (κ2) is 3.69. The van der Waals surface area contributed by atoms with Crippen LogP contribution >= 0.6 is 23.2 Å². The van der Waals surface area contributed by atoms with Crippen molar-refractivity contribution >= 4 is 29.2 Å². The summed E-state index contributed by atoms with van der Waals surface area (Å²) in [6.07, 6.45) is 1.81. The Hall–Kier alpha value is -0.730. The maximum absolute atomic E-state index is 10.8. The second-order valence-electron chi connectivity index (χ2n) is 3.95. The van der Waals surface area contributed by atoms with Crippen LogP contribution in [0.3, 0.4) is 0 Å². The van der Waals surface area contributed by atoms with Gasteiger partial charge in [-0.05, 0) is 30.5 Å². The van der Waals surface area contributed by atoms with Crippen molar-refractivity contribution in [3.05, 3.63) is 33.8 Å². The molecule has 0 heterocycles. The molecule has 15 heavy (non-hydrogen) atoms. The Morgan fingerprint density at radius 3 is 2.27 bits per heavy atom. The summed E-state index contributed by atoms with van der Waals surface area (Å²) in [6, 6.07) is 5.28. The van der Waals surface area contributed by atoms with E-state index in [1.54, 1.807) is 18.2 Å². The monoisotopic (exact) mass is 244 g/mol. The molecular formula is C11H10Cl2O2. The first-order valence-corrected chi connectivity index (χ1v) is 5.47. The molecule has 0 unspecified atom stereocenters. The normalized spacial score (nSPS) is 17.5. The van der Waals surface area contributed by atoms with Gasteiger partial charge in [0, 0.05) is 15.5 Å². The van der Waals surface area contributed by atoms with E-state index >= 15 is 0 Å². The number of rotatable bonds is 3. The lowest BCUT2D eigenvalue weighted by Crippen LogP contribution is -2.14. The molecule has 1 aromatic rings. The molecule has 0 aliphatic heterocycles. The Morgan fingerprint density at radius 1 is 1.33 bits per heavy atom. The second-order valence-corrected chi connectivity index (χ2v) is 4.76. The highest BCUT2D eigenvalue weighted by Crippen LogP contribution is 2.55. The van der Waals surface area contributed by atoms with Crippen molar-refractivity contribution < 1.29 is 9.90 Å². The molecule has 1 fully saturated rings. The van der Waals surface area contributed by atoms with Crippen molar-refractivity contribution in [3.63, 3.8) is 0 Å². The molecule has 1 aliphatic carbocycles. The summed E-state index contributed by atoms with van der Waals surface area (Å²) < 4.78 is 0. The Labute approximate surface area is 97.8 Å². The Kier molecular flexibility index (Phi) is 2.65. The molecule has 1 aliphatic rings. The van der Waals surface area contributed by atoms with Crippen molar-refractivity contribution in [3.8, 4) is 0 Å². The van der Waals surface area contributed by atoms with Gasteiger partial charge in [0.1, 0.15) is 0 Å². The predicted molar refractivity (Wildman–Crippen MR) is 59.6 cm³/mol. The van der Waals surface area contributed by atoms with Crippen LogP contribution in [0.15, 0.2) is 18.2 Å². The third-order valence-electron chi connectivity index (χ3n) is 2.84. The van der Waals surface area contributed by atoms with Gasteiger partial charge in [-0.3, -0.25) is 4.79 Å². The van der Waals surface area contributed by atoms with E-state index in [0.717, 1.165) is 18.4 Å². The molecule has 0 bridgehead atoms. The first-order chi connectivity index (χ1) is 7.05. The summed E-state index contributed by atoms with van der Waals surface area (Å²) >= 11 is 12.1. The van der Waals surface area contributed by atoms with E-state index in [2.05, 4.69) is 0 Å². The van der Waals surface area contributed by atoms with Crippen LogP contribution in [0.25, 0.3) is 0 Å². The highest BCUT2D eigenvalue weighted by Gasteiger charge is 2.48. The highest BCUT2D eigenvalue weighted by atomic mass is 35.5. The summed E-state index contributed by atoms with van der Waals surface area (Å²) in [5.74, 6) is -0.802. The Morgan fingerprint density at radius 2 is 1.87 bits per heavy atom. The van der Waals surface area contributed by atoms with Gasteiger partial charge in [-0.25, -0.2) is 0 Å². The maximum atomic E-state index is 10.8. The molecule has 0 amide bonds. The molecule has 0 spiro atoms. The average molecular weight is 245 g/mol. The van der Waals surface area contributed by atoms with Gasteiger partial charge in [-0.1, -0.05) is 29.3 Å². The van der Waals surface area contributed by atoms with Gasteiger partial charge in [-0.15, -0.1) is 0 Å². The van der Waals surface area contributed by atoms with E-state index in [9.17, 15) is 4.79 Å². The summed E-state index contributed by atoms with van der Waals surface area (Å²) in [6.45, 7) is 0. The van der Waals surface area contributed by atoms with Gasteiger partial charge in [0.2, 0.25) is 0 Å². The number of aliphatic carboxylic acids is 1. The summed E-state index contributed by atoms with van der Waals surface area (Å²) in [7, 11) is 0. The van der Waals surface area contributed by atoms with Crippen LogP contribution in [0.1, 0.15) is 24.8 Å². The van der Waals surface area contributed by atoms with E-state index in [4.69, 9.17) is 28.3 Å². The zero-order chi connectivity index (χ0) is 11.1. The minimum absolute atomic E-state index is 0.108. The van der Waals surface area contributed by atoms with Gasteiger partial charge in [0.15, 0.2) is 0 Å². The number of halogens is 2. The van der Waals surface area contributed by atoms with Crippen molar-refractivity contribution in [2.75, 3.05) is 0 Å². The average Bonchev–Trinajstić information content (AvgIpc) is 2.83. The fraction of sp³-hybridized carbons (Fsp3) is 0.364. The molecule has 0 atom stereocenters. The molecule has 2 rings (SSSR count). The van der Waals surface area contributed by atoms with Gasteiger partial charge < -0.3 is 5.11 Å². The smallest absolute Gasteiger partial charge is 0.304 e.